The van der Waals surface area contributed by atoms with Crippen molar-refractivity contribution in [3.63, 3.8) is 0 Å². The molecule has 0 amide bonds. The van der Waals surface area contributed by atoms with Gasteiger partial charge in [-0.2, -0.15) is 0 Å². The van der Waals surface area contributed by atoms with Gasteiger partial charge in [0, 0.05) is 12.1 Å². The molecule has 2 aromatic carbocycles. The third kappa shape index (κ3) is 3.54. The first-order valence-corrected chi connectivity index (χ1v) is 6.41. The number of hydrogen-bond donors (Lipinski definition) is 1. The predicted molar refractivity (Wildman–Crippen MR) is 74.6 cm³/mol. The van der Waals surface area contributed by atoms with Crippen LogP contribution in [-0.4, -0.2) is 7.05 Å². The number of ether oxygens (including phenoxy) is 1. The summed E-state index contributed by atoms with van der Waals surface area (Å²) in [6.45, 7) is 2.55. The van der Waals surface area contributed by atoms with Gasteiger partial charge in [-0.15, -0.1) is 0 Å². The van der Waals surface area contributed by atoms with Crippen molar-refractivity contribution in [2.45, 2.75) is 20.1 Å². The zero-order valence-electron chi connectivity index (χ0n) is 11.5. The molecule has 0 aliphatic rings. The molecular weight excluding hydrogens is 260 g/mol. The van der Waals surface area contributed by atoms with Gasteiger partial charge in [-0.25, -0.2) is 8.78 Å². The van der Waals surface area contributed by atoms with Gasteiger partial charge in [-0.05, 0) is 55.4 Å². The van der Waals surface area contributed by atoms with Crippen molar-refractivity contribution < 1.29 is 13.5 Å². The Hall–Kier alpha value is -1.94. The van der Waals surface area contributed by atoms with Crippen LogP contribution in [0.5, 0.6) is 5.75 Å². The fourth-order valence-corrected chi connectivity index (χ4v) is 1.98. The Kier molecular flexibility index (Phi) is 4.69. The maximum absolute atomic E-state index is 13.7. The summed E-state index contributed by atoms with van der Waals surface area (Å²) < 4.78 is 32.3. The summed E-state index contributed by atoms with van der Waals surface area (Å²) in [6.07, 6.45) is 0. The van der Waals surface area contributed by atoms with Crippen molar-refractivity contribution in [1.29, 1.82) is 0 Å². The van der Waals surface area contributed by atoms with Gasteiger partial charge in [-0.3, -0.25) is 0 Å². The van der Waals surface area contributed by atoms with Crippen LogP contribution >= 0.6 is 0 Å². The molecule has 1 N–H and O–H groups in total. The highest BCUT2D eigenvalue weighted by Crippen LogP contribution is 2.21. The molecule has 2 rings (SSSR count). The van der Waals surface area contributed by atoms with Crippen molar-refractivity contribution in [2.24, 2.45) is 0 Å². The van der Waals surface area contributed by atoms with Crippen LogP contribution in [0, 0.1) is 18.6 Å². The van der Waals surface area contributed by atoms with Gasteiger partial charge >= 0.3 is 0 Å². The van der Waals surface area contributed by atoms with Crippen LogP contribution < -0.4 is 10.1 Å². The molecule has 0 aliphatic carbocycles. The Morgan fingerprint density at radius 2 is 1.90 bits per heavy atom. The molecule has 106 valence electrons. The second-order valence-electron chi connectivity index (χ2n) is 4.65. The molecular formula is C16H17F2NO. The van der Waals surface area contributed by atoms with E-state index in [1.54, 1.807) is 25.1 Å². The molecule has 0 heterocycles. The molecule has 0 aliphatic heterocycles. The third-order valence-corrected chi connectivity index (χ3v) is 3.01. The number of aryl methyl sites for hydroxylation is 1. The average molecular weight is 277 g/mol. The fourth-order valence-electron chi connectivity index (χ4n) is 1.98. The summed E-state index contributed by atoms with van der Waals surface area (Å²) in [5.41, 5.74) is 2.17. The molecule has 0 bridgehead atoms. The molecule has 20 heavy (non-hydrogen) atoms. The van der Waals surface area contributed by atoms with Crippen LogP contribution in [0.4, 0.5) is 8.78 Å². The smallest absolute Gasteiger partial charge is 0.129 e. The monoisotopic (exact) mass is 277 g/mol. The molecule has 0 saturated carbocycles. The van der Waals surface area contributed by atoms with Crippen molar-refractivity contribution >= 4 is 0 Å². The van der Waals surface area contributed by atoms with E-state index in [4.69, 9.17) is 4.74 Å². The maximum Gasteiger partial charge on any atom is 0.129 e. The zero-order chi connectivity index (χ0) is 14.5. The van der Waals surface area contributed by atoms with E-state index in [9.17, 15) is 8.78 Å². The highest BCUT2D eigenvalue weighted by molar-refractivity contribution is 5.33. The van der Waals surface area contributed by atoms with E-state index in [1.165, 1.54) is 18.2 Å². The Balaban J connectivity index is 2.11. The Bertz CT molecular complexity index is 599. The molecule has 0 aromatic heterocycles. The highest BCUT2D eigenvalue weighted by atomic mass is 19.1. The van der Waals surface area contributed by atoms with E-state index in [2.05, 4.69) is 5.32 Å². The molecule has 0 spiro atoms. The van der Waals surface area contributed by atoms with E-state index in [0.717, 1.165) is 5.56 Å². The SMILES string of the molecule is CNCc1ccc(F)c(COc2ccc(F)cc2C)c1. The van der Waals surface area contributed by atoms with Crippen LogP contribution in [0.25, 0.3) is 0 Å². The van der Waals surface area contributed by atoms with Crippen LogP contribution in [0.2, 0.25) is 0 Å². The van der Waals surface area contributed by atoms with Crippen LogP contribution in [0.1, 0.15) is 16.7 Å². The highest BCUT2D eigenvalue weighted by Gasteiger charge is 2.06. The molecule has 0 radical (unpaired) electrons. The minimum absolute atomic E-state index is 0.121. The fraction of sp³-hybridized carbons (Fsp3) is 0.250. The van der Waals surface area contributed by atoms with Gasteiger partial charge in [-0.1, -0.05) is 6.07 Å². The van der Waals surface area contributed by atoms with Crippen LogP contribution in [0.15, 0.2) is 36.4 Å². The van der Waals surface area contributed by atoms with Gasteiger partial charge in [0.05, 0.1) is 0 Å². The largest absolute Gasteiger partial charge is 0.489 e. The van der Waals surface area contributed by atoms with Crippen molar-refractivity contribution in [3.8, 4) is 5.75 Å². The summed E-state index contributed by atoms with van der Waals surface area (Å²) in [5, 5.41) is 3.01. The minimum atomic E-state index is -0.308. The van der Waals surface area contributed by atoms with Crippen LogP contribution in [0.3, 0.4) is 0 Å². The van der Waals surface area contributed by atoms with Crippen molar-refractivity contribution in [1.82, 2.24) is 5.32 Å². The molecule has 0 saturated heterocycles. The lowest BCUT2D eigenvalue weighted by Gasteiger charge is -2.11. The number of benzene rings is 2. The van der Waals surface area contributed by atoms with Crippen molar-refractivity contribution in [2.75, 3.05) is 7.05 Å². The lowest BCUT2D eigenvalue weighted by Crippen LogP contribution is -2.07. The zero-order valence-corrected chi connectivity index (χ0v) is 11.5. The summed E-state index contributed by atoms with van der Waals surface area (Å²) >= 11 is 0. The second kappa shape index (κ2) is 6.48. The normalized spacial score (nSPS) is 10.6. The molecule has 0 unspecified atom stereocenters. The number of halogens is 2. The second-order valence-corrected chi connectivity index (χ2v) is 4.65. The van der Waals surface area contributed by atoms with Crippen LogP contribution in [-0.2, 0) is 13.2 Å². The lowest BCUT2D eigenvalue weighted by atomic mass is 10.1. The molecule has 2 nitrogen and oxygen atoms in total. The lowest BCUT2D eigenvalue weighted by molar-refractivity contribution is 0.297. The van der Waals surface area contributed by atoms with Gasteiger partial charge in [0.25, 0.3) is 0 Å². The molecule has 0 atom stereocenters. The predicted octanol–water partition coefficient (Wildman–Crippen LogP) is 3.57. The minimum Gasteiger partial charge on any atom is -0.489 e. The van der Waals surface area contributed by atoms with E-state index in [0.29, 0.717) is 23.4 Å². The molecule has 4 heteroatoms. The van der Waals surface area contributed by atoms with Gasteiger partial charge in [0.1, 0.15) is 24.0 Å². The first kappa shape index (κ1) is 14.5. The topological polar surface area (TPSA) is 21.3 Å². The number of nitrogens with one attached hydrogen (secondary N) is 1. The summed E-state index contributed by atoms with van der Waals surface area (Å²) in [6, 6.07) is 9.21. The Morgan fingerprint density at radius 1 is 1.10 bits per heavy atom. The Morgan fingerprint density at radius 3 is 2.60 bits per heavy atom. The summed E-state index contributed by atoms with van der Waals surface area (Å²) in [5.74, 6) is -0.0496. The number of hydrogen-bond acceptors (Lipinski definition) is 2. The first-order valence-electron chi connectivity index (χ1n) is 6.41. The van der Waals surface area contributed by atoms with Crippen molar-refractivity contribution in [3.05, 3.63) is 64.7 Å². The standard InChI is InChI=1S/C16H17F2NO/c1-11-7-14(17)4-6-16(11)20-10-13-8-12(9-19-2)3-5-15(13)18/h3-8,19H,9-10H2,1-2H3. The summed E-state index contributed by atoms with van der Waals surface area (Å²) in [7, 11) is 1.83. The number of rotatable bonds is 5. The van der Waals surface area contributed by atoms with Gasteiger partial charge in [0.2, 0.25) is 0 Å². The molecule has 0 fully saturated rings. The quantitative estimate of drug-likeness (QED) is 0.902. The Labute approximate surface area is 117 Å². The maximum atomic E-state index is 13.7. The van der Waals surface area contributed by atoms with E-state index < -0.39 is 0 Å². The van der Waals surface area contributed by atoms with Gasteiger partial charge in [0.15, 0.2) is 0 Å². The summed E-state index contributed by atoms with van der Waals surface area (Å²) in [4.78, 5) is 0. The van der Waals surface area contributed by atoms with E-state index >= 15 is 0 Å². The average Bonchev–Trinajstić information content (AvgIpc) is 2.41. The van der Waals surface area contributed by atoms with Gasteiger partial charge < -0.3 is 10.1 Å². The molecule has 2 aromatic rings. The van der Waals surface area contributed by atoms with E-state index in [1.807, 2.05) is 7.05 Å². The van der Waals surface area contributed by atoms with E-state index in [-0.39, 0.29) is 18.2 Å². The third-order valence-electron chi connectivity index (χ3n) is 3.01. The first-order chi connectivity index (χ1) is 9.60.